The molecule has 1 aromatic rings. The van der Waals surface area contributed by atoms with Gasteiger partial charge >= 0.3 is 0 Å². The predicted molar refractivity (Wildman–Crippen MR) is 63.9 cm³/mol. The van der Waals surface area contributed by atoms with Crippen LogP contribution in [-0.2, 0) is 0 Å². The number of likely N-dealkylation sites (tertiary alicyclic amines) is 1. The van der Waals surface area contributed by atoms with Gasteiger partial charge in [0.25, 0.3) is 5.91 Å². The Labute approximate surface area is 101 Å². The minimum absolute atomic E-state index is 0.0503. The Hall–Kier alpha value is -1.29. The number of nitrogens with zero attached hydrogens (tertiary/aromatic N) is 1. The zero-order valence-electron chi connectivity index (χ0n) is 10.1. The van der Waals surface area contributed by atoms with Gasteiger partial charge in [0.15, 0.2) is 5.76 Å². The van der Waals surface area contributed by atoms with Crippen molar-refractivity contribution in [1.82, 2.24) is 10.2 Å². The first kappa shape index (κ1) is 10.8. The van der Waals surface area contributed by atoms with Crippen molar-refractivity contribution in [2.24, 2.45) is 5.92 Å². The van der Waals surface area contributed by atoms with Crippen LogP contribution in [0.1, 0.15) is 29.2 Å². The monoisotopic (exact) mass is 234 g/mol. The van der Waals surface area contributed by atoms with Crippen LogP contribution in [0, 0.1) is 12.8 Å². The summed E-state index contributed by atoms with van der Waals surface area (Å²) in [6.45, 7) is 4.75. The SMILES string of the molecule is Cc1ccc(C(=O)N2CCC3CCNCC32)o1. The maximum absolute atomic E-state index is 12.3. The highest BCUT2D eigenvalue weighted by molar-refractivity contribution is 5.92. The molecule has 1 amide bonds. The molecular weight excluding hydrogens is 216 g/mol. The number of carbonyl (C=O) groups excluding carboxylic acids is 1. The van der Waals surface area contributed by atoms with Gasteiger partial charge in [-0.3, -0.25) is 4.79 Å². The molecule has 4 heteroatoms. The average Bonchev–Trinajstić information content (AvgIpc) is 2.94. The molecule has 17 heavy (non-hydrogen) atoms. The molecular formula is C13H18N2O2. The van der Waals surface area contributed by atoms with Crippen LogP contribution in [0.4, 0.5) is 0 Å². The van der Waals surface area contributed by atoms with E-state index in [2.05, 4.69) is 5.32 Å². The predicted octanol–water partition coefficient (Wildman–Crippen LogP) is 1.41. The number of hydrogen-bond acceptors (Lipinski definition) is 3. The molecule has 0 aromatic carbocycles. The molecule has 2 saturated heterocycles. The van der Waals surface area contributed by atoms with Gasteiger partial charge in [0.1, 0.15) is 5.76 Å². The van der Waals surface area contributed by atoms with Gasteiger partial charge in [-0.25, -0.2) is 0 Å². The normalized spacial score (nSPS) is 28.2. The number of furan rings is 1. The Morgan fingerprint density at radius 3 is 3.12 bits per heavy atom. The number of aryl methyl sites for hydroxylation is 1. The largest absolute Gasteiger partial charge is 0.456 e. The van der Waals surface area contributed by atoms with Crippen LogP contribution >= 0.6 is 0 Å². The lowest BCUT2D eigenvalue weighted by Gasteiger charge is -2.31. The Kier molecular flexibility index (Phi) is 2.67. The molecule has 0 spiro atoms. The van der Waals surface area contributed by atoms with Crippen molar-refractivity contribution in [2.75, 3.05) is 19.6 Å². The summed E-state index contributed by atoms with van der Waals surface area (Å²) in [6.07, 6.45) is 2.32. The summed E-state index contributed by atoms with van der Waals surface area (Å²) in [5.41, 5.74) is 0. The fourth-order valence-electron chi connectivity index (χ4n) is 3.01. The molecule has 2 aliphatic rings. The van der Waals surface area contributed by atoms with Gasteiger partial charge in [-0.05, 0) is 44.4 Å². The Morgan fingerprint density at radius 2 is 2.35 bits per heavy atom. The molecule has 3 heterocycles. The number of piperidine rings is 1. The summed E-state index contributed by atoms with van der Waals surface area (Å²) in [5.74, 6) is 2.00. The average molecular weight is 234 g/mol. The molecule has 2 fully saturated rings. The van der Waals surface area contributed by atoms with Crippen molar-refractivity contribution in [2.45, 2.75) is 25.8 Å². The van der Waals surface area contributed by atoms with Gasteiger partial charge < -0.3 is 14.6 Å². The molecule has 3 rings (SSSR count). The van der Waals surface area contributed by atoms with Gasteiger partial charge in [-0.1, -0.05) is 0 Å². The molecule has 0 saturated carbocycles. The van der Waals surface area contributed by atoms with Crippen molar-refractivity contribution in [3.8, 4) is 0 Å². The summed E-state index contributed by atoms with van der Waals surface area (Å²) < 4.78 is 5.43. The van der Waals surface area contributed by atoms with Crippen LogP contribution in [0.3, 0.4) is 0 Å². The van der Waals surface area contributed by atoms with E-state index in [0.717, 1.165) is 31.8 Å². The topological polar surface area (TPSA) is 45.5 Å². The zero-order chi connectivity index (χ0) is 11.8. The molecule has 2 unspecified atom stereocenters. The van der Waals surface area contributed by atoms with Gasteiger partial charge in [0.2, 0.25) is 0 Å². The lowest BCUT2D eigenvalue weighted by atomic mass is 9.93. The molecule has 1 N–H and O–H groups in total. The molecule has 1 aromatic heterocycles. The first-order valence-corrected chi connectivity index (χ1v) is 6.34. The van der Waals surface area contributed by atoms with Crippen molar-refractivity contribution in [3.63, 3.8) is 0 Å². The molecule has 0 radical (unpaired) electrons. The van der Waals surface area contributed by atoms with E-state index in [9.17, 15) is 4.79 Å². The second kappa shape index (κ2) is 4.18. The molecule has 92 valence electrons. The summed E-state index contributed by atoms with van der Waals surface area (Å²) in [4.78, 5) is 14.3. The van der Waals surface area contributed by atoms with Crippen molar-refractivity contribution < 1.29 is 9.21 Å². The third-order valence-electron chi connectivity index (χ3n) is 3.94. The standard InChI is InChI=1S/C13H18N2O2/c1-9-2-3-12(17-9)13(16)15-7-5-10-4-6-14-8-11(10)15/h2-3,10-11,14H,4-8H2,1H3. The zero-order valence-corrected chi connectivity index (χ0v) is 10.1. The maximum Gasteiger partial charge on any atom is 0.289 e. The third-order valence-corrected chi connectivity index (χ3v) is 3.94. The quantitative estimate of drug-likeness (QED) is 0.799. The van der Waals surface area contributed by atoms with E-state index in [1.807, 2.05) is 17.9 Å². The Balaban J connectivity index is 1.78. The number of rotatable bonds is 1. The molecule has 2 atom stereocenters. The van der Waals surface area contributed by atoms with Crippen LogP contribution in [0.5, 0.6) is 0 Å². The maximum atomic E-state index is 12.3. The van der Waals surface area contributed by atoms with Crippen molar-refractivity contribution in [1.29, 1.82) is 0 Å². The highest BCUT2D eigenvalue weighted by atomic mass is 16.3. The summed E-state index contributed by atoms with van der Waals surface area (Å²) >= 11 is 0. The molecule has 0 bridgehead atoms. The second-order valence-electron chi connectivity index (χ2n) is 5.02. The van der Waals surface area contributed by atoms with Crippen LogP contribution in [0.15, 0.2) is 16.5 Å². The van der Waals surface area contributed by atoms with E-state index in [-0.39, 0.29) is 5.91 Å². The van der Waals surface area contributed by atoms with Gasteiger partial charge in [-0.2, -0.15) is 0 Å². The minimum Gasteiger partial charge on any atom is -0.456 e. The van der Waals surface area contributed by atoms with E-state index >= 15 is 0 Å². The Morgan fingerprint density at radius 1 is 1.47 bits per heavy atom. The number of carbonyl (C=O) groups is 1. The first-order valence-electron chi connectivity index (χ1n) is 6.34. The summed E-state index contributed by atoms with van der Waals surface area (Å²) in [5, 5.41) is 3.37. The fourth-order valence-corrected chi connectivity index (χ4v) is 3.01. The first-order chi connectivity index (χ1) is 8.25. The van der Waals surface area contributed by atoms with Crippen LogP contribution < -0.4 is 5.32 Å². The van der Waals surface area contributed by atoms with Crippen LogP contribution in [0.25, 0.3) is 0 Å². The number of fused-ring (bicyclic) bond motifs is 1. The number of amides is 1. The summed E-state index contributed by atoms with van der Waals surface area (Å²) in [6, 6.07) is 3.99. The molecule has 4 nitrogen and oxygen atoms in total. The van der Waals surface area contributed by atoms with Crippen LogP contribution in [-0.4, -0.2) is 36.5 Å². The van der Waals surface area contributed by atoms with E-state index < -0.39 is 0 Å². The van der Waals surface area contributed by atoms with Crippen molar-refractivity contribution in [3.05, 3.63) is 23.7 Å². The van der Waals surface area contributed by atoms with Gasteiger partial charge in [0.05, 0.1) is 0 Å². The lowest BCUT2D eigenvalue weighted by molar-refractivity contribution is 0.0669. The van der Waals surface area contributed by atoms with E-state index in [4.69, 9.17) is 4.42 Å². The molecule has 0 aliphatic carbocycles. The van der Waals surface area contributed by atoms with Gasteiger partial charge in [0, 0.05) is 19.1 Å². The van der Waals surface area contributed by atoms with E-state index in [1.165, 1.54) is 6.42 Å². The minimum atomic E-state index is 0.0503. The van der Waals surface area contributed by atoms with E-state index in [0.29, 0.717) is 17.7 Å². The smallest absolute Gasteiger partial charge is 0.289 e. The summed E-state index contributed by atoms with van der Waals surface area (Å²) in [7, 11) is 0. The fraction of sp³-hybridized carbons (Fsp3) is 0.615. The third kappa shape index (κ3) is 1.86. The van der Waals surface area contributed by atoms with Crippen LogP contribution in [0.2, 0.25) is 0 Å². The highest BCUT2D eigenvalue weighted by Crippen LogP contribution is 2.30. The van der Waals surface area contributed by atoms with Crippen molar-refractivity contribution >= 4 is 5.91 Å². The highest BCUT2D eigenvalue weighted by Gasteiger charge is 2.39. The second-order valence-corrected chi connectivity index (χ2v) is 5.02. The van der Waals surface area contributed by atoms with Gasteiger partial charge in [-0.15, -0.1) is 0 Å². The van der Waals surface area contributed by atoms with E-state index in [1.54, 1.807) is 6.07 Å². The molecule has 2 aliphatic heterocycles. The Bertz CT molecular complexity index is 427. The number of nitrogens with one attached hydrogen (secondary N) is 1. The number of hydrogen-bond donors (Lipinski definition) is 1. The lowest BCUT2D eigenvalue weighted by Crippen LogP contribution is -2.47.